The molecule has 1 heterocycles. The molecule has 29 heavy (non-hydrogen) atoms. The maximum Gasteiger partial charge on any atom is 0.308 e. The van der Waals surface area contributed by atoms with Gasteiger partial charge in [0.1, 0.15) is 0 Å². The van der Waals surface area contributed by atoms with Crippen LogP contribution < -0.4 is 0 Å². The van der Waals surface area contributed by atoms with Crippen LogP contribution in [0.25, 0.3) is 0 Å². The van der Waals surface area contributed by atoms with Crippen LogP contribution in [0.15, 0.2) is 12.2 Å². The Labute approximate surface area is 175 Å². The highest BCUT2D eigenvalue weighted by Gasteiger charge is 2.67. The van der Waals surface area contributed by atoms with E-state index in [9.17, 15) is 4.79 Å². The van der Waals surface area contributed by atoms with Gasteiger partial charge in [-0.25, -0.2) is 0 Å². The number of carbonyl (C=O) groups excluding carboxylic acids is 1. The summed E-state index contributed by atoms with van der Waals surface area (Å²) in [5.74, 6) is 2.50. The first-order valence-electron chi connectivity index (χ1n) is 11.9. The number of rotatable bonds is 2. The van der Waals surface area contributed by atoms with Crippen molar-refractivity contribution in [2.75, 3.05) is 20.3 Å². The minimum absolute atomic E-state index is 0.0102. The monoisotopic (exact) mass is 402 g/mol. The van der Waals surface area contributed by atoms with Crippen LogP contribution in [-0.4, -0.2) is 32.1 Å². The van der Waals surface area contributed by atoms with Crippen molar-refractivity contribution in [1.82, 2.24) is 0 Å². The van der Waals surface area contributed by atoms with Crippen molar-refractivity contribution in [1.29, 1.82) is 0 Å². The molecule has 5 aliphatic rings. The summed E-state index contributed by atoms with van der Waals surface area (Å²) in [6, 6.07) is 0. The number of hydrogen-bond acceptors (Lipinski definition) is 4. The van der Waals surface area contributed by atoms with Crippen LogP contribution in [-0.2, 0) is 19.0 Å². The zero-order chi connectivity index (χ0) is 20.4. The summed E-state index contributed by atoms with van der Waals surface area (Å²) in [6.45, 7) is 8.56. The van der Waals surface area contributed by atoms with Gasteiger partial charge in [0.2, 0.25) is 0 Å². The molecule has 0 amide bonds. The van der Waals surface area contributed by atoms with Gasteiger partial charge < -0.3 is 14.2 Å². The average Bonchev–Trinajstić information content (AvgIpc) is 3.31. The van der Waals surface area contributed by atoms with Crippen LogP contribution in [0.4, 0.5) is 0 Å². The number of esters is 1. The number of carbonyl (C=O) groups is 1. The summed E-state index contributed by atoms with van der Waals surface area (Å²) in [7, 11) is 1.53. The summed E-state index contributed by atoms with van der Waals surface area (Å²) in [5, 5.41) is 0. The first kappa shape index (κ1) is 20.1. The molecule has 4 heteroatoms. The van der Waals surface area contributed by atoms with Crippen molar-refractivity contribution >= 4 is 5.97 Å². The van der Waals surface area contributed by atoms with Crippen molar-refractivity contribution < 1.29 is 19.0 Å². The van der Waals surface area contributed by atoms with Crippen LogP contribution in [0.3, 0.4) is 0 Å². The molecule has 1 spiro atoms. The Bertz CT molecular complexity index is 695. The molecule has 1 aliphatic heterocycles. The lowest BCUT2D eigenvalue weighted by atomic mass is 9.44. The van der Waals surface area contributed by atoms with E-state index in [0.29, 0.717) is 23.7 Å². The van der Waals surface area contributed by atoms with Gasteiger partial charge >= 0.3 is 5.97 Å². The fourth-order valence-electron chi connectivity index (χ4n) is 8.94. The fourth-order valence-corrected chi connectivity index (χ4v) is 8.94. The second-order valence-corrected chi connectivity index (χ2v) is 11.1. The Morgan fingerprint density at radius 3 is 2.52 bits per heavy atom. The molecule has 0 aromatic heterocycles. The number of fused-ring (bicyclic) bond motifs is 6. The zero-order valence-electron chi connectivity index (χ0n) is 18.6. The minimum Gasteiger partial charge on any atom is -0.469 e. The summed E-state index contributed by atoms with van der Waals surface area (Å²) >= 11 is 0. The predicted octanol–water partition coefficient (Wildman–Crippen LogP) is 4.97. The number of ether oxygens (including phenoxy) is 3. The van der Waals surface area contributed by atoms with E-state index in [1.165, 1.54) is 26.4 Å². The standard InChI is InChI=1S/C25H38O4/c1-16(22(26)27-4)18-8-9-19-17-15-25(28-13-14-29-25)21-7-5-6-11-24(21,3)20(17)10-12-23(18,19)2/h5-6,16-21H,7-15H2,1-4H3/t16-,17-,18+,19-,20-,21-,23+,24+/m0/s1. The number of allylic oxidation sites excluding steroid dienone is 2. The molecule has 8 atom stereocenters. The third-order valence-electron chi connectivity index (χ3n) is 10.3. The molecule has 0 aromatic carbocycles. The Balaban J connectivity index is 1.50. The highest BCUT2D eigenvalue weighted by molar-refractivity contribution is 5.72. The largest absolute Gasteiger partial charge is 0.469 e. The van der Waals surface area contributed by atoms with Gasteiger partial charge in [-0.15, -0.1) is 0 Å². The van der Waals surface area contributed by atoms with E-state index in [2.05, 4.69) is 32.9 Å². The SMILES string of the molecule is COC(=O)[C@@H](C)[C@H]1CC[C@H]2[C@@H]3CC4(OCCO4)[C@H]4CC=CC[C@]4(C)[C@H]3CC[C@]12C. The minimum atomic E-state index is -0.384. The van der Waals surface area contributed by atoms with Gasteiger partial charge in [-0.2, -0.15) is 0 Å². The van der Waals surface area contributed by atoms with E-state index in [4.69, 9.17) is 14.2 Å². The van der Waals surface area contributed by atoms with Gasteiger partial charge in [0, 0.05) is 12.3 Å². The lowest BCUT2D eigenvalue weighted by molar-refractivity contribution is -0.284. The molecule has 0 radical (unpaired) electrons. The molecule has 3 saturated carbocycles. The molecule has 0 bridgehead atoms. The van der Waals surface area contributed by atoms with Gasteiger partial charge in [-0.3, -0.25) is 4.79 Å². The molecule has 5 rings (SSSR count). The van der Waals surface area contributed by atoms with E-state index in [-0.39, 0.29) is 28.5 Å². The third kappa shape index (κ3) is 2.67. The molecule has 1 saturated heterocycles. The fraction of sp³-hybridized carbons (Fsp3) is 0.880. The second kappa shape index (κ2) is 6.82. The van der Waals surface area contributed by atoms with E-state index in [0.717, 1.165) is 44.8 Å². The molecule has 4 nitrogen and oxygen atoms in total. The smallest absolute Gasteiger partial charge is 0.308 e. The molecule has 162 valence electrons. The van der Waals surface area contributed by atoms with Gasteiger partial charge in [0.05, 0.1) is 26.2 Å². The van der Waals surface area contributed by atoms with Crippen LogP contribution in [0.2, 0.25) is 0 Å². The molecule has 0 unspecified atom stereocenters. The van der Waals surface area contributed by atoms with Crippen molar-refractivity contribution in [3.63, 3.8) is 0 Å². The normalized spacial score (nSPS) is 48.6. The van der Waals surface area contributed by atoms with Crippen molar-refractivity contribution in [3.05, 3.63) is 12.2 Å². The molecule has 0 aromatic rings. The topological polar surface area (TPSA) is 44.8 Å². The highest BCUT2D eigenvalue weighted by atomic mass is 16.7. The Hall–Kier alpha value is -0.870. The highest BCUT2D eigenvalue weighted by Crippen LogP contribution is 2.70. The molecular formula is C25H38O4. The molecular weight excluding hydrogens is 364 g/mol. The van der Waals surface area contributed by atoms with Crippen LogP contribution >= 0.6 is 0 Å². The Morgan fingerprint density at radius 1 is 1.07 bits per heavy atom. The Kier molecular flexibility index (Phi) is 4.71. The molecule has 4 fully saturated rings. The lowest BCUT2D eigenvalue weighted by Gasteiger charge is -2.63. The van der Waals surface area contributed by atoms with E-state index in [1.54, 1.807) is 0 Å². The number of methoxy groups -OCH3 is 1. The lowest BCUT2D eigenvalue weighted by Crippen LogP contribution is -2.62. The van der Waals surface area contributed by atoms with Crippen LogP contribution in [0, 0.1) is 46.3 Å². The van der Waals surface area contributed by atoms with Gasteiger partial charge in [-0.1, -0.05) is 32.9 Å². The predicted molar refractivity (Wildman–Crippen MR) is 111 cm³/mol. The second-order valence-electron chi connectivity index (χ2n) is 11.1. The van der Waals surface area contributed by atoms with E-state index >= 15 is 0 Å². The first-order valence-corrected chi connectivity index (χ1v) is 11.9. The molecule has 4 aliphatic carbocycles. The number of hydrogen-bond donors (Lipinski definition) is 0. The van der Waals surface area contributed by atoms with Gasteiger partial charge in [0.25, 0.3) is 0 Å². The maximum absolute atomic E-state index is 12.4. The van der Waals surface area contributed by atoms with Crippen molar-refractivity contribution in [3.8, 4) is 0 Å². The summed E-state index contributed by atoms with van der Waals surface area (Å²) in [6.07, 6.45) is 13.0. The first-order chi connectivity index (χ1) is 13.9. The maximum atomic E-state index is 12.4. The third-order valence-corrected chi connectivity index (χ3v) is 10.3. The summed E-state index contributed by atoms with van der Waals surface area (Å²) < 4.78 is 18.0. The van der Waals surface area contributed by atoms with Gasteiger partial charge in [-0.05, 0) is 73.0 Å². The zero-order valence-corrected chi connectivity index (χ0v) is 18.6. The average molecular weight is 403 g/mol. The van der Waals surface area contributed by atoms with Gasteiger partial charge in [0.15, 0.2) is 5.79 Å². The summed E-state index contributed by atoms with van der Waals surface area (Å²) in [5.41, 5.74) is 0.484. The van der Waals surface area contributed by atoms with E-state index < -0.39 is 0 Å². The van der Waals surface area contributed by atoms with Crippen LogP contribution in [0.5, 0.6) is 0 Å². The van der Waals surface area contributed by atoms with Crippen molar-refractivity contribution in [2.45, 2.75) is 71.5 Å². The van der Waals surface area contributed by atoms with Crippen LogP contribution in [0.1, 0.15) is 65.7 Å². The molecule has 0 N–H and O–H groups in total. The summed E-state index contributed by atoms with van der Waals surface area (Å²) in [4.78, 5) is 12.4. The Morgan fingerprint density at radius 2 is 1.79 bits per heavy atom. The van der Waals surface area contributed by atoms with E-state index in [1.807, 2.05) is 0 Å². The quantitative estimate of drug-likeness (QED) is 0.483. The van der Waals surface area contributed by atoms with Crippen molar-refractivity contribution in [2.24, 2.45) is 46.3 Å².